The van der Waals surface area contributed by atoms with Crippen LogP contribution in [0.3, 0.4) is 0 Å². The van der Waals surface area contributed by atoms with E-state index in [1.54, 1.807) is 31.4 Å². The first-order valence-corrected chi connectivity index (χ1v) is 10.2. The van der Waals surface area contributed by atoms with Gasteiger partial charge < -0.3 is 4.74 Å². The van der Waals surface area contributed by atoms with Crippen molar-refractivity contribution < 1.29 is 14.3 Å². The molecule has 29 heavy (non-hydrogen) atoms. The molecular weight excluding hydrogens is 386 g/mol. The van der Waals surface area contributed by atoms with Crippen molar-refractivity contribution in [1.82, 2.24) is 9.97 Å². The number of thioether (sulfide) groups is 1. The first-order chi connectivity index (χ1) is 13.9. The van der Waals surface area contributed by atoms with Crippen LogP contribution in [0.25, 0.3) is 10.9 Å². The third kappa shape index (κ3) is 3.58. The Kier molecular flexibility index (Phi) is 5.00. The standard InChI is InChI=1S/C22H21N3O3S/c1-12-9-17-14(3)23-22(24-18(17)10-13(12)2)29-19-11-20(26)25(21(19)27)15-5-7-16(28-4)8-6-15/h5-10,19H,11H2,1-4H3/t19-/m1/s1. The van der Waals surface area contributed by atoms with Crippen LogP contribution in [-0.2, 0) is 9.59 Å². The van der Waals surface area contributed by atoms with Gasteiger partial charge in [0.2, 0.25) is 11.8 Å². The molecule has 6 nitrogen and oxygen atoms in total. The number of rotatable bonds is 4. The zero-order valence-corrected chi connectivity index (χ0v) is 17.5. The van der Waals surface area contributed by atoms with Crippen molar-refractivity contribution in [2.75, 3.05) is 12.0 Å². The number of benzene rings is 2. The van der Waals surface area contributed by atoms with Crippen LogP contribution < -0.4 is 9.64 Å². The van der Waals surface area contributed by atoms with E-state index in [1.807, 2.05) is 19.9 Å². The first-order valence-electron chi connectivity index (χ1n) is 9.30. The van der Waals surface area contributed by atoms with Crippen LogP contribution >= 0.6 is 11.8 Å². The molecule has 7 heteroatoms. The van der Waals surface area contributed by atoms with Gasteiger partial charge in [0.25, 0.3) is 0 Å². The molecule has 0 N–H and O–H groups in total. The first kappa shape index (κ1) is 19.4. The molecule has 0 radical (unpaired) electrons. The average molecular weight is 407 g/mol. The van der Waals surface area contributed by atoms with Gasteiger partial charge in [0.1, 0.15) is 11.0 Å². The molecule has 0 aliphatic carbocycles. The SMILES string of the molecule is COc1ccc(N2C(=O)C[C@@H](Sc3nc(C)c4cc(C)c(C)cc4n3)C2=O)cc1. The summed E-state index contributed by atoms with van der Waals surface area (Å²) >= 11 is 1.25. The van der Waals surface area contributed by atoms with Crippen molar-refractivity contribution in [3.63, 3.8) is 0 Å². The van der Waals surface area contributed by atoms with Gasteiger partial charge in [-0.25, -0.2) is 14.9 Å². The quantitative estimate of drug-likeness (QED) is 0.481. The summed E-state index contributed by atoms with van der Waals surface area (Å²) in [6.45, 7) is 6.05. The van der Waals surface area contributed by atoms with Gasteiger partial charge in [-0.1, -0.05) is 11.8 Å². The summed E-state index contributed by atoms with van der Waals surface area (Å²) in [5.74, 6) is 0.206. The maximum Gasteiger partial charge on any atom is 0.247 e. The molecule has 3 aromatic rings. The Labute approximate surface area is 173 Å². The Hall–Kier alpha value is -2.93. The number of amides is 2. The van der Waals surface area contributed by atoms with Crippen molar-refractivity contribution >= 4 is 40.2 Å². The number of anilines is 1. The van der Waals surface area contributed by atoms with Crippen LogP contribution in [0.15, 0.2) is 41.6 Å². The second kappa shape index (κ2) is 7.48. The molecule has 1 saturated heterocycles. The third-order valence-electron chi connectivity index (χ3n) is 5.16. The van der Waals surface area contributed by atoms with Gasteiger partial charge in [-0.3, -0.25) is 9.59 Å². The van der Waals surface area contributed by atoms with Crippen LogP contribution in [0.1, 0.15) is 23.2 Å². The van der Waals surface area contributed by atoms with E-state index in [0.717, 1.165) is 22.2 Å². The lowest BCUT2D eigenvalue weighted by atomic mass is 10.1. The molecule has 1 fully saturated rings. The molecule has 4 rings (SSSR count). The van der Waals surface area contributed by atoms with Gasteiger partial charge in [0.15, 0.2) is 5.16 Å². The zero-order valence-electron chi connectivity index (χ0n) is 16.7. The summed E-state index contributed by atoms with van der Waals surface area (Å²) < 4.78 is 5.14. The molecule has 148 valence electrons. The molecular formula is C22H21N3O3S. The van der Waals surface area contributed by atoms with Crippen LogP contribution in [0.2, 0.25) is 0 Å². The smallest absolute Gasteiger partial charge is 0.247 e. The molecule has 1 aromatic heterocycles. The number of ether oxygens (including phenoxy) is 1. The topological polar surface area (TPSA) is 72.4 Å². The minimum Gasteiger partial charge on any atom is -0.497 e. The maximum atomic E-state index is 12.9. The summed E-state index contributed by atoms with van der Waals surface area (Å²) in [4.78, 5) is 35.9. The number of carbonyl (C=O) groups excluding carboxylic acids is 2. The molecule has 1 aliphatic heterocycles. The fraction of sp³-hybridized carbons (Fsp3) is 0.273. The van der Waals surface area contributed by atoms with E-state index in [1.165, 1.54) is 22.2 Å². The van der Waals surface area contributed by atoms with E-state index < -0.39 is 5.25 Å². The van der Waals surface area contributed by atoms with E-state index in [0.29, 0.717) is 16.6 Å². The predicted molar refractivity (Wildman–Crippen MR) is 113 cm³/mol. The predicted octanol–water partition coefficient (Wildman–Crippen LogP) is 3.99. The fourth-order valence-corrected chi connectivity index (χ4v) is 4.42. The molecule has 1 atom stereocenters. The van der Waals surface area contributed by atoms with Gasteiger partial charge in [-0.05, 0) is 68.3 Å². The summed E-state index contributed by atoms with van der Waals surface area (Å²) in [5.41, 5.74) is 4.61. The van der Waals surface area contributed by atoms with E-state index >= 15 is 0 Å². The van der Waals surface area contributed by atoms with E-state index in [9.17, 15) is 9.59 Å². The molecule has 1 aliphatic rings. The van der Waals surface area contributed by atoms with Crippen LogP contribution in [0.4, 0.5) is 5.69 Å². The average Bonchev–Trinajstić information content (AvgIpc) is 2.97. The number of hydrogen-bond donors (Lipinski definition) is 0. The fourth-order valence-electron chi connectivity index (χ4n) is 3.39. The van der Waals surface area contributed by atoms with Crippen LogP contribution in [0.5, 0.6) is 5.75 Å². The van der Waals surface area contributed by atoms with E-state index in [-0.39, 0.29) is 18.2 Å². The van der Waals surface area contributed by atoms with Gasteiger partial charge in [0, 0.05) is 17.5 Å². The Morgan fingerprint density at radius 2 is 1.72 bits per heavy atom. The van der Waals surface area contributed by atoms with Gasteiger partial charge in [0.05, 0.1) is 18.3 Å². The molecule has 2 aromatic carbocycles. The Balaban J connectivity index is 1.60. The summed E-state index contributed by atoms with van der Waals surface area (Å²) in [7, 11) is 1.57. The van der Waals surface area contributed by atoms with Gasteiger partial charge >= 0.3 is 0 Å². The number of aryl methyl sites for hydroxylation is 3. The zero-order chi connectivity index (χ0) is 20.7. The lowest BCUT2D eigenvalue weighted by Crippen LogP contribution is -2.31. The molecule has 0 spiro atoms. The third-order valence-corrected chi connectivity index (χ3v) is 6.21. The second-order valence-electron chi connectivity index (χ2n) is 7.12. The maximum absolute atomic E-state index is 12.9. The molecule has 2 heterocycles. The number of imide groups is 1. The Morgan fingerprint density at radius 1 is 1.03 bits per heavy atom. The minimum absolute atomic E-state index is 0.128. The summed E-state index contributed by atoms with van der Waals surface area (Å²) in [6, 6.07) is 11.0. The number of hydrogen-bond acceptors (Lipinski definition) is 6. The lowest BCUT2D eigenvalue weighted by molar-refractivity contribution is -0.121. The highest BCUT2D eigenvalue weighted by molar-refractivity contribution is 8.00. The number of fused-ring (bicyclic) bond motifs is 1. The minimum atomic E-state index is -0.534. The molecule has 0 saturated carbocycles. The number of aromatic nitrogens is 2. The normalized spacial score (nSPS) is 16.7. The van der Waals surface area contributed by atoms with Crippen LogP contribution in [0, 0.1) is 20.8 Å². The highest BCUT2D eigenvalue weighted by atomic mass is 32.2. The molecule has 0 bridgehead atoms. The molecule has 0 unspecified atom stereocenters. The van der Waals surface area contributed by atoms with Crippen molar-refractivity contribution in [1.29, 1.82) is 0 Å². The van der Waals surface area contributed by atoms with Gasteiger partial charge in [-0.15, -0.1) is 0 Å². The monoisotopic (exact) mass is 407 g/mol. The van der Waals surface area contributed by atoms with Gasteiger partial charge in [-0.2, -0.15) is 0 Å². The van der Waals surface area contributed by atoms with Crippen molar-refractivity contribution in [3.8, 4) is 5.75 Å². The highest BCUT2D eigenvalue weighted by Gasteiger charge is 2.40. The largest absolute Gasteiger partial charge is 0.497 e. The van der Waals surface area contributed by atoms with Crippen molar-refractivity contribution in [3.05, 3.63) is 53.2 Å². The van der Waals surface area contributed by atoms with Crippen molar-refractivity contribution in [2.45, 2.75) is 37.6 Å². The highest BCUT2D eigenvalue weighted by Crippen LogP contribution is 2.34. The number of carbonyl (C=O) groups is 2. The Bertz CT molecular complexity index is 1130. The Morgan fingerprint density at radius 3 is 2.41 bits per heavy atom. The summed E-state index contributed by atoms with van der Waals surface area (Å²) in [5, 5.41) is 0.986. The summed E-state index contributed by atoms with van der Waals surface area (Å²) in [6.07, 6.45) is 0.128. The van der Waals surface area contributed by atoms with E-state index in [2.05, 4.69) is 23.0 Å². The van der Waals surface area contributed by atoms with E-state index in [4.69, 9.17) is 4.74 Å². The number of methoxy groups -OCH3 is 1. The number of nitrogens with zero attached hydrogens (tertiary/aromatic N) is 3. The van der Waals surface area contributed by atoms with Crippen LogP contribution in [-0.4, -0.2) is 34.1 Å². The lowest BCUT2D eigenvalue weighted by Gasteiger charge is -2.15. The second-order valence-corrected chi connectivity index (χ2v) is 8.29. The molecule has 2 amide bonds. The van der Waals surface area contributed by atoms with Crippen molar-refractivity contribution in [2.24, 2.45) is 0 Å².